The van der Waals surface area contributed by atoms with Crippen molar-refractivity contribution < 1.29 is 19.0 Å². The highest BCUT2D eigenvalue weighted by atomic mass is 16.5. The maximum absolute atomic E-state index is 11.6. The molecule has 0 aliphatic carbocycles. The molecule has 0 spiro atoms. The van der Waals surface area contributed by atoms with Crippen LogP contribution in [0, 0.1) is 0 Å². The third-order valence-corrected chi connectivity index (χ3v) is 3.83. The molecule has 0 aliphatic rings. The smallest absolute Gasteiger partial charge is 0.203 e. The largest absolute Gasteiger partial charge is 0.493 e. The topological polar surface area (TPSA) is 44.8 Å². The van der Waals surface area contributed by atoms with Crippen molar-refractivity contribution in [3.63, 3.8) is 0 Å². The van der Waals surface area contributed by atoms with Crippen LogP contribution in [0.5, 0.6) is 17.2 Å². The molecule has 1 rings (SSSR count). The standard InChI is InChI=1S/C17H26O4/c1-6-12(8-9-13(18)7-2)14-10-11-15(19-3)17(21-5)16(14)20-4/h10-12H,6-9H2,1-5H3. The van der Waals surface area contributed by atoms with Crippen molar-refractivity contribution >= 4 is 5.78 Å². The summed E-state index contributed by atoms with van der Waals surface area (Å²) in [5, 5.41) is 0. The first-order valence-corrected chi connectivity index (χ1v) is 7.43. The minimum atomic E-state index is 0.273. The van der Waals surface area contributed by atoms with Crippen molar-refractivity contribution in [1.29, 1.82) is 0 Å². The molecule has 118 valence electrons. The fraction of sp³-hybridized carbons (Fsp3) is 0.588. The molecule has 4 nitrogen and oxygen atoms in total. The van der Waals surface area contributed by atoms with E-state index in [1.807, 2.05) is 19.1 Å². The van der Waals surface area contributed by atoms with Crippen molar-refractivity contribution in [2.24, 2.45) is 0 Å². The van der Waals surface area contributed by atoms with Crippen LogP contribution in [0.4, 0.5) is 0 Å². The number of carbonyl (C=O) groups excluding carboxylic acids is 1. The summed E-state index contributed by atoms with van der Waals surface area (Å²) in [7, 11) is 4.84. The van der Waals surface area contributed by atoms with E-state index in [1.165, 1.54) is 0 Å². The Hall–Kier alpha value is -1.71. The van der Waals surface area contributed by atoms with E-state index in [1.54, 1.807) is 21.3 Å². The molecule has 0 bridgehead atoms. The van der Waals surface area contributed by atoms with Crippen LogP contribution in [0.2, 0.25) is 0 Å². The molecular weight excluding hydrogens is 268 g/mol. The van der Waals surface area contributed by atoms with Gasteiger partial charge < -0.3 is 14.2 Å². The summed E-state index contributed by atoms with van der Waals surface area (Å²) in [4.78, 5) is 11.6. The van der Waals surface area contributed by atoms with Crippen LogP contribution in [0.1, 0.15) is 51.0 Å². The highest BCUT2D eigenvalue weighted by Gasteiger charge is 2.21. The van der Waals surface area contributed by atoms with Gasteiger partial charge in [-0.25, -0.2) is 0 Å². The summed E-state index contributed by atoms with van der Waals surface area (Å²) in [6.45, 7) is 4.03. The monoisotopic (exact) mass is 294 g/mol. The Morgan fingerprint density at radius 2 is 1.71 bits per heavy atom. The zero-order valence-corrected chi connectivity index (χ0v) is 13.7. The molecule has 0 amide bonds. The summed E-state index contributed by atoms with van der Waals surface area (Å²) in [5.74, 6) is 2.53. The van der Waals surface area contributed by atoms with Crippen LogP contribution >= 0.6 is 0 Å². The molecule has 0 radical (unpaired) electrons. The number of benzene rings is 1. The van der Waals surface area contributed by atoms with E-state index in [9.17, 15) is 4.79 Å². The van der Waals surface area contributed by atoms with Gasteiger partial charge in [-0.1, -0.05) is 19.9 Å². The van der Waals surface area contributed by atoms with Crippen molar-refractivity contribution in [1.82, 2.24) is 0 Å². The SMILES string of the molecule is CCC(=O)CCC(CC)c1ccc(OC)c(OC)c1OC. The predicted octanol–water partition coefficient (Wildman–Crippen LogP) is 3.97. The summed E-state index contributed by atoms with van der Waals surface area (Å²) < 4.78 is 16.3. The number of ether oxygens (including phenoxy) is 3. The summed E-state index contributed by atoms with van der Waals surface area (Å²) >= 11 is 0. The molecule has 1 unspecified atom stereocenters. The van der Waals surface area contributed by atoms with Crippen LogP contribution in [-0.2, 0) is 4.79 Å². The lowest BCUT2D eigenvalue weighted by molar-refractivity contribution is -0.118. The first kappa shape index (κ1) is 17.3. The molecule has 1 aromatic rings. The molecule has 1 aromatic carbocycles. The minimum absolute atomic E-state index is 0.273. The lowest BCUT2D eigenvalue weighted by Gasteiger charge is -2.21. The number of hydrogen-bond donors (Lipinski definition) is 0. The molecular formula is C17H26O4. The first-order chi connectivity index (χ1) is 10.1. The average Bonchev–Trinajstić information content (AvgIpc) is 2.53. The van der Waals surface area contributed by atoms with Gasteiger partial charge in [-0.3, -0.25) is 4.79 Å². The van der Waals surface area contributed by atoms with Crippen molar-refractivity contribution in [2.45, 2.75) is 45.4 Å². The fourth-order valence-electron chi connectivity index (χ4n) is 2.54. The quantitative estimate of drug-likeness (QED) is 0.691. The van der Waals surface area contributed by atoms with Gasteiger partial charge in [0.1, 0.15) is 5.78 Å². The van der Waals surface area contributed by atoms with E-state index in [-0.39, 0.29) is 5.92 Å². The van der Waals surface area contributed by atoms with Crippen LogP contribution in [0.25, 0.3) is 0 Å². The Labute approximate surface area is 127 Å². The van der Waals surface area contributed by atoms with Gasteiger partial charge in [0, 0.05) is 18.4 Å². The Balaban J connectivity index is 3.11. The van der Waals surface area contributed by atoms with E-state index in [0.29, 0.717) is 35.9 Å². The third-order valence-electron chi connectivity index (χ3n) is 3.83. The highest BCUT2D eigenvalue weighted by Crippen LogP contribution is 2.44. The highest BCUT2D eigenvalue weighted by molar-refractivity contribution is 5.78. The number of rotatable bonds is 9. The molecule has 0 aliphatic heterocycles. The second-order valence-corrected chi connectivity index (χ2v) is 4.96. The summed E-state index contributed by atoms with van der Waals surface area (Å²) in [6.07, 6.45) is 2.98. The van der Waals surface area contributed by atoms with Crippen molar-refractivity contribution in [2.75, 3.05) is 21.3 Å². The molecule has 0 heterocycles. The maximum Gasteiger partial charge on any atom is 0.203 e. The normalized spacial score (nSPS) is 11.9. The Kier molecular flexibility index (Phi) is 7.06. The molecule has 4 heteroatoms. The molecule has 0 fully saturated rings. The maximum atomic E-state index is 11.6. The minimum Gasteiger partial charge on any atom is -0.493 e. The number of carbonyl (C=O) groups is 1. The zero-order chi connectivity index (χ0) is 15.8. The van der Waals surface area contributed by atoms with E-state index in [0.717, 1.165) is 18.4 Å². The number of methoxy groups -OCH3 is 3. The van der Waals surface area contributed by atoms with Gasteiger partial charge in [-0.2, -0.15) is 0 Å². The number of Topliss-reactive ketones (excluding diaryl/α,β-unsaturated/α-hetero) is 1. The van der Waals surface area contributed by atoms with E-state index < -0.39 is 0 Å². The lowest BCUT2D eigenvalue weighted by atomic mass is 9.89. The number of hydrogen-bond acceptors (Lipinski definition) is 4. The summed E-state index contributed by atoms with van der Waals surface area (Å²) in [6, 6.07) is 3.89. The van der Waals surface area contributed by atoms with Gasteiger partial charge in [0.15, 0.2) is 11.5 Å². The van der Waals surface area contributed by atoms with Gasteiger partial charge in [-0.05, 0) is 24.8 Å². The summed E-state index contributed by atoms with van der Waals surface area (Å²) in [5.41, 5.74) is 1.07. The van der Waals surface area contributed by atoms with E-state index in [2.05, 4.69) is 6.92 Å². The molecule has 1 atom stereocenters. The predicted molar refractivity (Wildman–Crippen MR) is 83.7 cm³/mol. The van der Waals surface area contributed by atoms with Crippen LogP contribution in [0.3, 0.4) is 0 Å². The third kappa shape index (κ3) is 4.13. The Bertz CT molecular complexity index is 468. The first-order valence-electron chi connectivity index (χ1n) is 7.43. The van der Waals surface area contributed by atoms with Gasteiger partial charge in [0.25, 0.3) is 0 Å². The molecule has 0 aromatic heterocycles. The van der Waals surface area contributed by atoms with E-state index in [4.69, 9.17) is 14.2 Å². The molecule has 21 heavy (non-hydrogen) atoms. The number of ketones is 1. The van der Waals surface area contributed by atoms with Crippen molar-refractivity contribution in [3.8, 4) is 17.2 Å². The van der Waals surface area contributed by atoms with Gasteiger partial charge in [0.2, 0.25) is 5.75 Å². The van der Waals surface area contributed by atoms with Crippen LogP contribution in [-0.4, -0.2) is 27.1 Å². The zero-order valence-electron chi connectivity index (χ0n) is 13.7. The van der Waals surface area contributed by atoms with Crippen molar-refractivity contribution in [3.05, 3.63) is 17.7 Å². The Morgan fingerprint density at radius 3 is 2.19 bits per heavy atom. The van der Waals surface area contributed by atoms with Gasteiger partial charge in [0.05, 0.1) is 21.3 Å². The fourth-order valence-corrected chi connectivity index (χ4v) is 2.54. The molecule has 0 saturated heterocycles. The molecule has 0 N–H and O–H groups in total. The Morgan fingerprint density at radius 1 is 1.05 bits per heavy atom. The second-order valence-electron chi connectivity index (χ2n) is 4.96. The second kappa shape index (κ2) is 8.55. The van der Waals surface area contributed by atoms with E-state index >= 15 is 0 Å². The molecule has 0 saturated carbocycles. The van der Waals surface area contributed by atoms with Gasteiger partial charge in [-0.15, -0.1) is 0 Å². The van der Waals surface area contributed by atoms with Crippen LogP contribution in [0.15, 0.2) is 12.1 Å². The average molecular weight is 294 g/mol. The van der Waals surface area contributed by atoms with Crippen LogP contribution < -0.4 is 14.2 Å². The lowest BCUT2D eigenvalue weighted by Crippen LogP contribution is -2.06. The van der Waals surface area contributed by atoms with Gasteiger partial charge >= 0.3 is 0 Å².